The summed E-state index contributed by atoms with van der Waals surface area (Å²) in [6.45, 7) is 4.08. The number of nitrogens with one attached hydrogen (secondary N) is 1. The predicted molar refractivity (Wildman–Crippen MR) is 136 cm³/mol. The summed E-state index contributed by atoms with van der Waals surface area (Å²) in [5.41, 5.74) is 7.37. The van der Waals surface area contributed by atoms with Gasteiger partial charge in [0.25, 0.3) is 5.91 Å². The largest absolute Gasteiger partial charge is 0.352 e. The van der Waals surface area contributed by atoms with Crippen LogP contribution in [0.3, 0.4) is 0 Å². The normalized spacial score (nSPS) is 14.6. The molecule has 0 unspecified atom stereocenters. The number of carbonyl (C=O) groups is 1. The van der Waals surface area contributed by atoms with E-state index in [2.05, 4.69) is 67.4 Å². The molecular weight excluding hydrogens is 453 g/mol. The second kappa shape index (κ2) is 9.66. The molecule has 0 fully saturated rings. The summed E-state index contributed by atoms with van der Waals surface area (Å²) in [4.78, 5) is 14.8. The minimum Gasteiger partial charge on any atom is -0.352 e. The van der Waals surface area contributed by atoms with Gasteiger partial charge in [-0.1, -0.05) is 42.5 Å². The monoisotopic (exact) mass is 481 g/mol. The minimum absolute atomic E-state index is 0.214. The summed E-state index contributed by atoms with van der Waals surface area (Å²) in [5.74, 6) is 1.33. The molecule has 0 bridgehead atoms. The van der Waals surface area contributed by atoms with Crippen molar-refractivity contribution in [2.75, 3.05) is 19.6 Å². The first-order chi connectivity index (χ1) is 17.6. The third-order valence-electron chi connectivity index (χ3n) is 7.20. The molecule has 1 N–H and O–H groups in total. The number of halogens is 1. The average Bonchev–Trinajstić information content (AvgIpc) is 3.39. The van der Waals surface area contributed by atoms with Crippen LogP contribution >= 0.6 is 0 Å². The number of amides is 1. The molecule has 0 radical (unpaired) electrons. The molecule has 7 heteroatoms. The van der Waals surface area contributed by atoms with E-state index in [1.807, 2.05) is 0 Å². The maximum atomic E-state index is 13.1. The van der Waals surface area contributed by atoms with Crippen molar-refractivity contribution >= 4 is 5.91 Å². The van der Waals surface area contributed by atoms with Crippen molar-refractivity contribution in [3.8, 4) is 11.1 Å². The maximum Gasteiger partial charge on any atom is 0.251 e. The van der Waals surface area contributed by atoms with Gasteiger partial charge in [0.05, 0.1) is 0 Å². The highest BCUT2D eigenvalue weighted by Crippen LogP contribution is 2.36. The molecule has 0 spiro atoms. The van der Waals surface area contributed by atoms with E-state index >= 15 is 0 Å². The van der Waals surface area contributed by atoms with Gasteiger partial charge in [0.1, 0.15) is 17.5 Å². The maximum absolute atomic E-state index is 13.1. The molecule has 1 aromatic heterocycles. The summed E-state index contributed by atoms with van der Waals surface area (Å²) in [6.07, 6.45) is 2.47. The molecule has 36 heavy (non-hydrogen) atoms. The summed E-state index contributed by atoms with van der Waals surface area (Å²) >= 11 is 0. The van der Waals surface area contributed by atoms with E-state index in [4.69, 9.17) is 0 Å². The first-order valence-electron chi connectivity index (χ1n) is 12.5. The Morgan fingerprint density at radius 1 is 0.917 bits per heavy atom. The van der Waals surface area contributed by atoms with Gasteiger partial charge in [-0.05, 0) is 58.5 Å². The Bertz CT molecular complexity index is 1410. The quantitative estimate of drug-likeness (QED) is 0.398. The lowest BCUT2D eigenvalue weighted by atomic mass is 10.0. The van der Waals surface area contributed by atoms with Crippen molar-refractivity contribution in [2.24, 2.45) is 0 Å². The molecule has 6 rings (SSSR count). The second-order valence-corrected chi connectivity index (χ2v) is 9.55. The van der Waals surface area contributed by atoms with Crippen LogP contribution in [-0.2, 0) is 32.4 Å². The van der Waals surface area contributed by atoms with Crippen molar-refractivity contribution in [3.05, 3.63) is 106 Å². The number of benzene rings is 3. The number of fused-ring (bicyclic) bond motifs is 4. The van der Waals surface area contributed by atoms with Crippen LogP contribution < -0.4 is 5.32 Å². The molecule has 182 valence electrons. The SMILES string of the molecule is O=C(NCCc1nnc2n1CCN(Cc1ccc3c(c1)Cc1ccccc1-3)CC2)c1ccc(F)cc1. The fraction of sp³-hybridized carbons (Fsp3) is 0.276. The van der Waals surface area contributed by atoms with Crippen molar-refractivity contribution in [1.82, 2.24) is 25.0 Å². The summed E-state index contributed by atoms with van der Waals surface area (Å²) in [6, 6.07) is 21.2. The number of hydrogen-bond donors (Lipinski definition) is 1. The van der Waals surface area contributed by atoms with E-state index in [1.54, 1.807) is 0 Å². The fourth-order valence-electron chi connectivity index (χ4n) is 5.32. The molecule has 0 atom stereocenters. The zero-order valence-electron chi connectivity index (χ0n) is 20.1. The lowest BCUT2D eigenvalue weighted by Crippen LogP contribution is -2.28. The Balaban J connectivity index is 1.05. The molecule has 1 aliphatic carbocycles. The van der Waals surface area contributed by atoms with Crippen LogP contribution in [0.2, 0.25) is 0 Å². The Morgan fingerprint density at radius 3 is 2.64 bits per heavy atom. The first kappa shape index (κ1) is 22.6. The molecule has 1 aliphatic heterocycles. The van der Waals surface area contributed by atoms with Crippen LogP contribution in [0.15, 0.2) is 66.7 Å². The van der Waals surface area contributed by atoms with Crippen LogP contribution in [0, 0.1) is 5.82 Å². The molecule has 0 saturated heterocycles. The number of carbonyl (C=O) groups excluding carboxylic acids is 1. The Hall–Kier alpha value is -3.84. The van der Waals surface area contributed by atoms with Gasteiger partial charge < -0.3 is 9.88 Å². The fourth-order valence-corrected chi connectivity index (χ4v) is 5.32. The number of aromatic nitrogens is 3. The number of rotatable bonds is 6. The molecule has 2 aliphatic rings. The highest BCUT2D eigenvalue weighted by molar-refractivity contribution is 5.94. The van der Waals surface area contributed by atoms with E-state index in [0.29, 0.717) is 18.5 Å². The second-order valence-electron chi connectivity index (χ2n) is 9.55. The average molecular weight is 482 g/mol. The van der Waals surface area contributed by atoms with Crippen molar-refractivity contribution in [1.29, 1.82) is 0 Å². The van der Waals surface area contributed by atoms with Crippen LogP contribution in [-0.4, -0.2) is 45.2 Å². The van der Waals surface area contributed by atoms with Crippen molar-refractivity contribution < 1.29 is 9.18 Å². The topological polar surface area (TPSA) is 63.1 Å². The molecule has 4 aromatic rings. The highest BCUT2D eigenvalue weighted by atomic mass is 19.1. The van der Waals surface area contributed by atoms with Gasteiger partial charge >= 0.3 is 0 Å². The van der Waals surface area contributed by atoms with E-state index in [-0.39, 0.29) is 11.7 Å². The summed E-state index contributed by atoms with van der Waals surface area (Å²) in [5, 5.41) is 11.7. The summed E-state index contributed by atoms with van der Waals surface area (Å²) < 4.78 is 15.3. The van der Waals surface area contributed by atoms with Crippen molar-refractivity contribution in [3.63, 3.8) is 0 Å². The van der Waals surface area contributed by atoms with Gasteiger partial charge in [0.15, 0.2) is 0 Å². The van der Waals surface area contributed by atoms with E-state index in [0.717, 1.165) is 50.7 Å². The van der Waals surface area contributed by atoms with Gasteiger partial charge in [-0.3, -0.25) is 9.69 Å². The molecule has 0 saturated carbocycles. The smallest absolute Gasteiger partial charge is 0.251 e. The van der Waals surface area contributed by atoms with Gasteiger partial charge in [0, 0.05) is 51.1 Å². The van der Waals surface area contributed by atoms with Gasteiger partial charge in [0.2, 0.25) is 0 Å². The molecule has 1 amide bonds. The lowest BCUT2D eigenvalue weighted by Gasteiger charge is -2.20. The van der Waals surface area contributed by atoms with Crippen LogP contribution in [0.1, 0.15) is 38.7 Å². The van der Waals surface area contributed by atoms with Gasteiger partial charge in [-0.25, -0.2) is 4.39 Å². The van der Waals surface area contributed by atoms with E-state index in [1.165, 1.54) is 52.1 Å². The van der Waals surface area contributed by atoms with E-state index < -0.39 is 0 Å². The minimum atomic E-state index is -0.353. The Labute approximate surface area is 209 Å². The van der Waals surface area contributed by atoms with Crippen LogP contribution in [0.4, 0.5) is 4.39 Å². The predicted octanol–water partition coefficient (Wildman–Crippen LogP) is 4.02. The number of nitrogens with zero attached hydrogens (tertiary/aromatic N) is 4. The van der Waals surface area contributed by atoms with Gasteiger partial charge in [-0.2, -0.15) is 0 Å². The van der Waals surface area contributed by atoms with Crippen LogP contribution in [0.5, 0.6) is 0 Å². The molecule has 6 nitrogen and oxygen atoms in total. The van der Waals surface area contributed by atoms with E-state index in [9.17, 15) is 9.18 Å². The standard InChI is InChI=1S/C29H28FN5O/c30-24-8-6-21(7-9-24)29(36)31-13-11-27-32-33-28-12-14-34(15-16-35(27)28)19-20-5-10-26-23(17-20)18-22-3-1-2-4-25(22)26/h1-10,17H,11-16,18-19H2,(H,31,36). The van der Waals surface area contributed by atoms with Crippen molar-refractivity contribution in [2.45, 2.75) is 32.4 Å². The van der Waals surface area contributed by atoms with Gasteiger partial charge in [-0.15, -0.1) is 10.2 Å². The molecular formula is C29H28FN5O. The third-order valence-corrected chi connectivity index (χ3v) is 7.20. The number of hydrogen-bond acceptors (Lipinski definition) is 4. The first-order valence-corrected chi connectivity index (χ1v) is 12.5. The van der Waals surface area contributed by atoms with Crippen LogP contribution in [0.25, 0.3) is 11.1 Å². The third kappa shape index (κ3) is 4.54. The zero-order valence-corrected chi connectivity index (χ0v) is 20.1. The Morgan fingerprint density at radius 2 is 1.75 bits per heavy atom. The molecule has 2 heterocycles. The molecule has 3 aromatic carbocycles. The Kier molecular flexibility index (Phi) is 6.07. The lowest BCUT2D eigenvalue weighted by molar-refractivity contribution is 0.0954. The highest BCUT2D eigenvalue weighted by Gasteiger charge is 2.21. The summed E-state index contributed by atoms with van der Waals surface area (Å²) in [7, 11) is 0. The zero-order chi connectivity index (χ0) is 24.5.